The Balaban J connectivity index is 2.97. The fraction of sp³-hybridized carbons (Fsp3) is 0.724. The molecule has 1 aromatic rings. The van der Waals surface area contributed by atoms with Crippen molar-refractivity contribution in [2.75, 3.05) is 99.1 Å². The Bertz CT molecular complexity index is 763. The van der Waals surface area contributed by atoms with Crippen molar-refractivity contribution in [1.82, 2.24) is 0 Å². The van der Waals surface area contributed by atoms with E-state index in [9.17, 15) is 0 Å². The molecule has 0 aromatic heterocycles. The van der Waals surface area contributed by atoms with Crippen LogP contribution in [0.1, 0.15) is 26.3 Å². The van der Waals surface area contributed by atoms with Gasteiger partial charge in [-0.3, -0.25) is 0 Å². The molecule has 0 heterocycles. The predicted molar refractivity (Wildman–Crippen MR) is 155 cm³/mol. The van der Waals surface area contributed by atoms with Crippen molar-refractivity contribution in [1.29, 1.82) is 0 Å². The molecular weight excluding hydrogens is 520 g/mol. The summed E-state index contributed by atoms with van der Waals surface area (Å²) >= 11 is 0. The Morgan fingerprint density at radius 3 is 1.26 bits per heavy atom. The molecule has 0 atom stereocenters. The van der Waals surface area contributed by atoms with Gasteiger partial charge in [-0.15, -0.1) is 5.54 Å². The van der Waals surface area contributed by atoms with Crippen molar-refractivity contribution < 1.29 is 42.6 Å². The number of hydrogen-bond donors (Lipinski definition) is 0. The Kier molecular flexibility index (Phi) is 20.7. The van der Waals surface area contributed by atoms with E-state index < -0.39 is 8.07 Å². The van der Waals surface area contributed by atoms with Crippen LogP contribution in [0.4, 0.5) is 0 Å². The van der Waals surface area contributed by atoms with E-state index in [2.05, 4.69) is 31.1 Å². The summed E-state index contributed by atoms with van der Waals surface area (Å²) in [4.78, 5) is 0. The molecule has 39 heavy (non-hydrogen) atoms. The minimum atomic E-state index is -1.59. The van der Waals surface area contributed by atoms with Gasteiger partial charge in [-0.05, 0) is 32.9 Å². The van der Waals surface area contributed by atoms with Crippen molar-refractivity contribution in [3.8, 4) is 28.7 Å². The summed E-state index contributed by atoms with van der Waals surface area (Å²) in [6, 6.07) is 3.79. The summed E-state index contributed by atoms with van der Waals surface area (Å²) in [7, 11) is -1.59. The van der Waals surface area contributed by atoms with Crippen LogP contribution >= 0.6 is 0 Å². The minimum Gasteiger partial charge on any atom is -0.487 e. The first-order chi connectivity index (χ1) is 18.9. The van der Waals surface area contributed by atoms with E-state index in [1.54, 1.807) is 0 Å². The molecule has 224 valence electrons. The fourth-order valence-electron chi connectivity index (χ4n) is 2.98. The van der Waals surface area contributed by atoms with Gasteiger partial charge in [0.05, 0.1) is 59.5 Å². The first-order valence-electron chi connectivity index (χ1n) is 14.0. The van der Waals surface area contributed by atoms with Crippen molar-refractivity contribution in [3.05, 3.63) is 17.7 Å². The van der Waals surface area contributed by atoms with E-state index in [-0.39, 0.29) is 0 Å². The molecule has 0 bridgehead atoms. The summed E-state index contributed by atoms with van der Waals surface area (Å²) in [5.41, 5.74) is 4.21. The molecule has 0 aliphatic rings. The minimum absolute atomic E-state index is 0.328. The van der Waals surface area contributed by atoms with Crippen molar-refractivity contribution in [3.63, 3.8) is 0 Å². The molecule has 0 N–H and O–H groups in total. The first-order valence-corrected chi connectivity index (χ1v) is 17.5. The molecule has 1 rings (SSSR count). The summed E-state index contributed by atoms with van der Waals surface area (Å²) < 4.78 is 51.1. The maximum Gasteiger partial charge on any atom is 0.203 e. The molecule has 0 saturated heterocycles. The second-order valence-electron chi connectivity index (χ2n) is 9.27. The normalized spacial score (nSPS) is 11.2. The summed E-state index contributed by atoms with van der Waals surface area (Å²) in [6.07, 6.45) is 0. The summed E-state index contributed by atoms with van der Waals surface area (Å²) in [6.45, 7) is 19.9. The van der Waals surface area contributed by atoms with Crippen LogP contribution in [-0.2, 0) is 28.4 Å². The van der Waals surface area contributed by atoms with E-state index in [1.165, 1.54) is 0 Å². The molecule has 9 nitrogen and oxygen atoms in total. The van der Waals surface area contributed by atoms with Gasteiger partial charge in [-0.25, -0.2) is 0 Å². The van der Waals surface area contributed by atoms with Crippen LogP contribution in [0, 0.1) is 11.5 Å². The van der Waals surface area contributed by atoms with E-state index >= 15 is 0 Å². The largest absolute Gasteiger partial charge is 0.487 e. The Hall–Kier alpha value is -1.84. The zero-order chi connectivity index (χ0) is 28.6. The second-order valence-corrected chi connectivity index (χ2v) is 14.0. The van der Waals surface area contributed by atoms with Gasteiger partial charge in [-0.1, -0.05) is 25.6 Å². The average Bonchev–Trinajstić information content (AvgIpc) is 2.90. The predicted octanol–water partition coefficient (Wildman–Crippen LogP) is 4.21. The topological polar surface area (TPSA) is 83.1 Å². The lowest BCUT2D eigenvalue weighted by molar-refractivity contribution is 0.0346. The Labute approximate surface area is 236 Å². The van der Waals surface area contributed by atoms with Crippen LogP contribution < -0.4 is 14.2 Å². The standard InChI is InChI=1S/C29H50O9Si/c1-7-30-11-14-33-17-20-36-27-24-26(10-23-39(4,5)6)25-28(37-21-18-34-15-12-31-8-2)29(27)38-22-19-35-16-13-32-9-3/h24-25H,7-9,11-22H2,1-6H3. The van der Waals surface area contributed by atoms with Crippen LogP contribution in [0.15, 0.2) is 12.1 Å². The molecule has 0 amide bonds. The lowest BCUT2D eigenvalue weighted by Crippen LogP contribution is -2.16. The molecule has 0 fully saturated rings. The first kappa shape index (κ1) is 35.2. The van der Waals surface area contributed by atoms with Crippen LogP contribution in [0.3, 0.4) is 0 Å². The molecule has 0 spiro atoms. The van der Waals surface area contributed by atoms with Gasteiger partial charge in [0.25, 0.3) is 0 Å². The number of ether oxygens (including phenoxy) is 9. The van der Waals surface area contributed by atoms with Gasteiger partial charge < -0.3 is 42.6 Å². The molecular formula is C29H50O9Si. The van der Waals surface area contributed by atoms with Crippen molar-refractivity contribution in [2.45, 2.75) is 40.4 Å². The summed E-state index contributed by atoms with van der Waals surface area (Å²) in [5.74, 6) is 4.90. The van der Waals surface area contributed by atoms with Crippen molar-refractivity contribution >= 4 is 8.07 Å². The van der Waals surface area contributed by atoms with Gasteiger partial charge in [-0.2, -0.15) is 0 Å². The molecule has 0 aliphatic heterocycles. The SMILES string of the molecule is CCOCCOCCOc1cc(C#C[Si](C)(C)C)cc(OCCOCCOCC)c1OCCOCCOCC. The third-order valence-corrected chi connectivity index (χ3v) is 5.65. The lowest BCUT2D eigenvalue weighted by Gasteiger charge is -2.18. The van der Waals surface area contributed by atoms with Crippen LogP contribution in [0.25, 0.3) is 0 Å². The fourth-order valence-corrected chi connectivity index (χ4v) is 3.50. The number of rotatable bonds is 24. The molecule has 0 aliphatic carbocycles. The Morgan fingerprint density at radius 2 is 0.872 bits per heavy atom. The van der Waals surface area contributed by atoms with E-state index in [4.69, 9.17) is 42.6 Å². The molecule has 10 heteroatoms. The highest BCUT2D eigenvalue weighted by atomic mass is 28.3. The lowest BCUT2D eigenvalue weighted by atomic mass is 10.2. The maximum absolute atomic E-state index is 6.12. The zero-order valence-electron chi connectivity index (χ0n) is 24.9. The van der Waals surface area contributed by atoms with Gasteiger partial charge >= 0.3 is 0 Å². The maximum atomic E-state index is 6.12. The van der Waals surface area contributed by atoms with E-state index in [0.29, 0.717) is 116 Å². The quantitative estimate of drug-likeness (QED) is 0.103. The van der Waals surface area contributed by atoms with Gasteiger partial charge in [0.1, 0.15) is 27.9 Å². The Morgan fingerprint density at radius 1 is 0.513 bits per heavy atom. The second kappa shape index (κ2) is 22.9. The summed E-state index contributed by atoms with van der Waals surface area (Å²) in [5, 5.41) is 0. The monoisotopic (exact) mass is 570 g/mol. The zero-order valence-corrected chi connectivity index (χ0v) is 25.9. The van der Waals surface area contributed by atoms with E-state index in [0.717, 1.165) is 5.56 Å². The van der Waals surface area contributed by atoms with Gasteiger partial charge in [0.15, 0.2) is 11.5 Å². The highest BCUT2D eigenvalue weighted by molar-refractivity contribution is 6.83. The van der Waals surface area contributed by atoms with Gasteiger partial charge in [0, 0.05) is 25.4 Å². The van der Waals surface area contributed by atoms with Gasteiger partial charge in [0.2, 0.25) is 5.75 Å². The molecule has 1 aromatic carbocycles. The smallest absolute Gasteiger partial charge is 0.203 e. The van der Waals surface area contributed by atoms with Crippen LogP contribution in [0.2, 0.25) is 19.6 Å². The van der Waals surface area contributed by atoms with E-state index in [1.807, 2.05) is 32.9 Å². The highest BCUT2D eigenvalue weighted by Gasteiger charge is 2.16. The van der Waals surface area contributed by atoms with Crippen LogP contribution in [0.5, 0.6) is 17.2 Å². The molecule has 0 unspecified atom stereocenters. The average molecular weight is 571 g/mol. The third-order valence-electron chi connectivity index (χ3n) is 4.78. The molecule has 0 radical (unpaired) electrons. The number of benzene rings is 1. The van der Waals surface area contributed by atoms with Crippen molar-refractivity contribution in [2.24, 2.45) is 0 Å². The number of hydrogen-bond acceptors (Lipinski definition) is 9. The molecule has 0 saturated carbocycles. The van der Waals surface area contributed by atoms with Crippen LogP contribution in [-0.4, -0.2) is 107 Å². The highest BCUT2D eigenvalue weighted by Crippen LogP contribution is 2.39. The third kappa shape index (κ3) is 19.0.